The lowest BCUT2D eigenvalue weighted by atomic mass is 9.83. The van der Waals surface area contributed by atoms with Crippen LogP contribution in [-0.2, 0) is 11.3 Å². The highest BCUT2D eigenvalue weighted by molar-refractivity contribution is 7.80. The van der Waals surface area contributed by atoms with Gasteiger partial charge in [-0.2, -0.15) is 5.26 Å². The first-order valence-corrected chi connectivity index (χ1v) is 8.98. The van der Waals surface area contributed by atoms with Gasteiger partial charge in [0.1, 0.15) is 17.2 Å². The summed E-state index contributed by atoms with van der Waals surface area (Å²) in [5.74, 6) is -0.0725. The van der Waals surface area contributed by atoms with Crippen molar-refractivity contribution in [2.24, 2.45) is 0 Å². The molecule has 0 aromatic heterocycles. The lowest BCUT2D eigenvalue weighted by molar-refractivity contribution is 0.150. The molecule has 3 rings (SSSR count). The summed E-state index contributed by atoms with van der Waals surface area (Å²) in [6.07, 6.45) is 0. The van der Waals surface area contributed by atoms with Crippen LogP contribution in [0.1, 0.15) is 25.0 Å². The molecule has 1 aliphatic heterocycles. The molecule has 26 heavy (non-hydrogen) atoms. The molecule has 1 N–H and O–H groups in total. The van der Waals surface area contributed by atoms with Gasteiger partial charge in [0.25, 0.3) is 0 Å². The predicted octanol–water partition coefficient (Wildman–Crippen LogP) is 4.18. The summed E-state index contributed by atoms with van der Waals surface area (Å²) < 4.78 is 43.3. The number of hydrogen-bond donors (Lipinski definition) is 1. The van der Waals surface area contributed by atoms with E-state index in [1.807, 2.05) is 0 Å². The van der Waals surface area contributed by atoms with Gasteiger partial charge in [0.05, 0.1) is 22.4 Å². The highest BCUT2D eigenvalue weighted by Gasteiger charge is 2.37. The van der Waals surface area contributed by atoms with E-state index in [0.717, 1.165) is 0 Å². The van der Waals surface area contributed by atoms with Crippen LogP contribution < -0.4 is 9.46 Å². The molecule has 1 unspecified atom stereocenters. The van der Waals surface area contributed by atoms with Crippen molar-refractivity contribution in [3.63, 3.8) is 0 Å². The number of ether oxygens (including phenoxy) is 1. The molecule has 1 aliphatic rings. The molecule has 0 radical (unpaired) electrons. The zero-order valence-electron chi connectivity index (χ0n) is 13.8. The number of fused-ring (bicyclic) bond motifs is 1. The molecule has 0 saturated carbocycles. The highest BCUT2D eigenvalue weighted by Crippen LogP contribution is 2.47. The van der Waals surface area contributed by atoms with Crippen LogP contribution in [0.3, 0.4) is 0 Å². The summed E-state index contributed by atoms with van der Waals surface area (Å²) in [7, 11) is 0. The second-order valence-electron chi connectivity index (χ2n) is 6.15. The smallest absolute Gasteiger partial charge is 0.139 e. The second-order valence-corrected chi connectivity index (χ2v) is 7.23. The van der Waals surface area contributed by atoms with E-state index in [4.69, 9.17) is 16.3 Å². The van der Waals surface area contributed by atoms with Crippen LogP contribution >= 0.6 is 11.6 Å². The van der Waals surface area contributed by atoms with Crippen LogP contribution in [-0.4, -0.2) is 14.4 Å². The molecular formula is C18H13ClFN2O3S-. The quantitative estimate of drug-likeness (QED) is 0.795. The Kier molecular flexibility index (Phi) is 4.76. The van der Waals surface area contributed by atoms with Crippen LogP contribution in [0.4, 0.5) is 10.1 Å². The maximum absolute atomic E-state index is 13.3. The van der Waals surface area contributed by atoms with Crippen LogP contribution in [0.2, 0.25) is 5.02 Å². The fourth-order valence-electron chi connectivity index (χ4n) is 2.91. The number of nitriles is 1. The largest absolute Gasteiger partial charge is 0.755 e. The number of halogens is 2. The van der Waals surface area contributed by atoms with Crippen molar-refractivity contribution in [1.82, 2.24) is 0 Å². The Labute approximate surface area is 157 Å². The van der Waals surface area contributed by atoms with Crippen molar-refractivity contribution < 1.29 is 17.9 Å². The Morgan fingerprint density at radius 2 is 1.96 bits per heavy atom. The number of rotatable bonds is 3. The molecule has 0 spiro atoms. The maximum atomic E-state index is 13.3. The average molecular weight is 392 g/mol. The molecular weight excluding hydrogens is 379 g/mol. The predicted molar refractivity (Wildman–Crippen MR) is 96.7 cm³/mol. The fraction of sp³-hybridized carbons (Fsp3) is 0.167. The molecule has 8 heteroatoms. The van der Waals surface area contributed by atoms with Gasteiger partial charge in [0.2, 0.25) is 0 Å². The number of benzene rings is 2. The van der Waals surface area contributed by atoms with Crippen LogP contribution in [0.5, 0.6) is 5.75 Å². The van der Waals surface area contributed by atoms with E-state index < -0.39 is 22.7 Å². The second kappa shape index (κ2) is 6.72. The zero-order chi connectivity index (χ0) is 19.1. The fourth-order valence-corrected chi connectivity index (χ4v) is 3.52. The maximum Gasteiger partial charge on any atom is 0.139 e. The van der Waals surface area contributed by atoms with Gasteiger partial charge in [-0.05, 0) is 37.6 Å². The van der Waals surface area contributed by atoms with Crippen LogP contribution in [0.15, 0.2) is 42.0 Å². The summed E-state index contributed by atoms with van der Waals surface area (Å²) in [5.41, 5.74) is 1.18. The average Bonchev–Trinajstić information content (AvgIpc) is 2.52. The van der Waals surface area contributed by atoms with Gasteiger partial charge < -0.3 is 14.0 Å². The number of nitrogens with one attached hydrogen (secondary N) is 1. The number of hydrogen-bond acceptors (Lipinski definition) is 4. The van der Waals surface area contributed by atoms with Crippen molar-refractivity contribution in [3.8, 4) is 11.8 Å². The monoisotopic (exact) mass is 391 g/mol. The van der Waals surface area contributed by atoms with E-state index in [-0.39, 0.29) is 10.7 Å². The standard InChI is InChI=1S/C18H14ClFN2O3S/c1-18(2)13(9-21)16(10-3-5-11(20)6-4-10)17-14(19)7-12(22-26(23)24)8-15(17)25-18/h3-8,22H,1-2H3,(H,23,24)/p-1. The first kappa shape index (κ1) is 18.4. The van der Waals surface area contributed by atoms with Crippen molar-refractivity contribution in [2.45, 2.75) is 19.4 Å². The Morgan fingerprint density at radius 3 is 2.54 bits per heavy atom. The molecule has 0 fully saturated rings. The number of anilines is 1. The van der Waals surface area contributed by atoms with Gasteiger partial charge >= 0.3 is 0 Å². The Bertz CT molecular complexity index is 981. The molecule has 2 aromatic rings. The third-order valence-electron chi connectivity index (χ3n) is 3.97. The number of nitrogens with zero attached hydrogens (tertiary/aromatic N) is 1. The van der Waals surface area contributed by atoms with Crippen LogP contribution in [0.25, 0.3) is 5.57 Å². The van der Waals surface area contributed by atoms with Gasteiger partial charge in [-0.1, -0.05) is 23.7 Å². The van der Waals surface area contributed by atoms with Crippen LogP contribution in [0, 0.1) is 17.1 Å². The van der Waals surface area contributed by atoms with E-state index in [2.05, 4.69) is 10.8 Å². The lowest BCUT2D eigenvalue weighted by Crippen LogP contribution is -2.34. The van der Waals surface area contributed by atoms with Gasteiger partial charge in [0, 0.05) is 28.5 Å². The SMILES string of the molecule is CC1(C)Oc2cc(NS(=O)[O-])cc(Cl)c2C(c2ccc(F)cc2)=C1C#N. The Balaban J connectivity index is 2.30. The molecule has 0 saturated heterocycles. The summed E-state index contributed by atoms with van der Waals surface area (Å²) in [6.45, 7) is 3.44. The molecule has 5 nitrogen and oxygen atoms in total. The van der Waals surface area contributed by atoms with Crippen molar-refractivity contribution in [3.05, 3.63) is 63.9 Å². The van der Waals surface area contributed by atoms with Crippen molar-refractivity contribution >= 4 is 34.1 Å². The van der Waals surface area contributed by atoms with Crippen molar-refractivity contribution in [1.29, 1.82) is 5.26 Å². The third kappa shape index (κ3) is 3.31. The zero-order valence-corrected chi connectivity index (χ0v) is 15.4. The van der Waals surface area contributed by atoms with Gasteiger partial charge in [0.15, 0.2) is 0 Å². The third-order valence-corrected chi connectivity index (χ3v) is 4.67. The van der Waals surface area contributed by atoms with Gasteiger partial charge in [-0.25, -0.2) is 4.39 Å². The van der Waals surface area contributed by atoms with Crippen molar-refractivity contribution in [2.75, 3.05) is 4.72 Å². The molecule has 1 atom stereocenters. The van der Waals surface area contributed by atoms with E-state index in [0.29, 0.717) is 28.0 Å². The topological polar surface area (TPSA) is 85.2 Å². The van der Waals surface area contributed by atoms with E-state index >= 15 is 0 Å². The molecule has 0 bridgehead atoms. The molecule has 0 aliphatic carbocycles. The normalized spacial score (nSPS) is 16.3. The minimum Gasteiger partial charge on any atom is -0.755 e. The molecule has 1 heterocycles. The lowest BCUT2D eigenvalue weighted by Gasteiger charge is -2.35. The Morgan fingerprint density at radius 1 is 1.31 bits per heavy atom. The van der Waals surface area contributed by atoms with Gasteiger partial charge in [-0.15, -0.1) is 0 Å². The molecule has 134 valence electrons. The Hall–Kier alpha value is -2.40. The van der Waals surface area contributed by atoms with E-state index in [1.54, 1.807) is 26.0 Å². The molecule has 0 amide bonds. The minimum absolute atomic E-state index is 0.207. The summed E-state index contributed by atoms with van der Waals surface area (Å²) in [6, 6.07) is 10.8. The highest BCUT2D eigenvalue weighted by atomic mass is 35.5. The minimum atomic E-state index is -2.52. The first-order valence-electron chi connectivity index (χ1n) is 7.52. The molecule has 2 aromatic carbocycles. The van der Waals surface area contributed by atoms with E-state index in [1.165, 1.54) is 24.3 Å². The summed E-state index contributed by atoms with van der Waals surface area (Å²) >= 11 is 3.86. The summed E-state index contributed by atoms with van der Waals surface area (Å²) in [4.78, 5) is 0. The summed E-state index contributed by atoms with van der Waals surface area (Å²) in [5, 5.41) is 9.91. The van der Waals surface area contributed by atoms with E-state index in [9.17, 15) is 18.4 Å². The van der Waals surface area contributed by atoms with Gasteiger partial charge in [-0.3, -0.25) is 4.21 Å². The first-order chi connectivity index (χ1) is 12.2.